The zero-order valence-corrected chi connectivity index (χ0v) is 12.5. The summed E-state index contributed by atoms with van der Waals surface area (Å²) < 4.78 is 10.4. The highest BCUT2D eigenvalue weighted by Crippen LogP contribution is 2.21. The lowest BCUT2D eigenvalue weighted by Crippen LogP contribution is -2.08. The van der Waals surface area contributed by atoms with Gasteiger partial charge < -0.3 is 9.47 Å². The van der Waals surface area contributed by atoms with Crippen LogP contribution in [0.3, 0.4) is 0 Å². The van der Waals surface area contributed by atoms with Crippen molar-refractivity contribution in [2.24, 2.45) is 0 Å². The summed E-state index contributed by atoms with van der Waals surface area (Å²) in [7, 11) is 1.30. The van der Waals surface area contributed by atoms with Gasteiger partial charge in [-0.25, -0.2) is 4.79 Å². The zero-order chi connectivity index (χ0) is 15.9. The second-order valence-corrected chi connectivity index (χ2v) is 4.81. The molecule has 5 heteroatoms. The molecule has 22 heavy (non-hydrogen) atoms. The van der Waals surface area contributed by atoms with Gasteiger partial charge in [0.2, 0.25) is 0 Å². The molecular weight excluding hydrogens is 282 g/mol. The largest absolute Gasteiger partial charge is 0.487 e. The van der Waals surface area contributed by atoms with Gasteiger partial charge in [0.05, 0.1) is 24.8 Å². The number of hydrogen-bond acceptors (Lipinski definition) is 5. The van der Waals surface area contributed by atoms with Gasteiger partial charge in [-0.2, -0.15) is 0 Å². The van der Waals surface area contributed by atoms with Crippen molar-refractivity contribution < 1.29 is 19.1 Å². The molecular formula is C17H17NO4. The molecule has 0 radical (unpaired) electrons. The molecule has 0 N–H and O–H groups in total. The predicted molar refractivity (Wildman–Crippen MR) is 80.7 cm³/mol. The summed E-state index contributed by atoms with van der Waals surface area (Å²) in [5, 5.41) is 0. The molecule has 0 amide bonds. The highest BCUT2D eigenvalue weighted by molar-refractivity contribution is 5.89. The van der Waals surface area contributed by atoms with E-state index in [2.05, 4.69) is 9.72 Å². The minimum atomic E-state index is -0.494. The van der Waals surface area contributed by atoms with Crippen molar-refractivity contribution in [3.05, 3.63) is 59.4 Å². The molecule has 2 rings (SSSR count). The van der Waals surface area contributed by atoms with Crippen LogP contribution in [0.25, 0.3) is 0 Å². The molecule has 0 aliphatic carbocycles. The highest BCUT2D eigenvalue weighted by Gasteiger charge is 2.14. The summed E-state index contributed by atoms with van der Waals surface area (Å²) in [6.45, 7) is 1.81. The van der Waals surface area contributed by atoms with Gasteiger partial charge in [0.25, 0.3) is 0 Å². The molecule has 0 bridgehead atoms. The third kappa shape index (κ3) is 4.15. The number of carbonyl (C=O) groups is 2. The van der Waals surface area contributed by atoms with Crippen molar-refractivity contribution in [1.29, 1.82) is 0 Å². The number of carbonyl (C=O) groups excluding carboxylic acids is 2. The van der Waals surface area contributed by atoms with Crippen molar-refractivity contribution in [2.45, 2.75) is 20.0 Å². The maximum Gasteiger partial charge on any atom is 0.339 e. The van der Waals surface area contributed by atoms with E-state index in [1.165, 1.54) is 20.2 Å². The molecule has 2 aromatic rings. The number of aromatic nitrogens is 1. The van der Waals surface area contributed by atoms with Crippen molar-refractivity contribution >= 4 is 11.8 Å². The van der Waals surface area contributed by atoms with Gasteiger partial charge in [0.15, 0.2) is 0 Å². The zero-order valence-electron chi connectivity index (χ0n) is 12.5. The fourth-order valence-electron chi connectivity index (χ4n) is 1.93. The molecule has 114 valence electrons. The second-order valence-electron chi connectivity index (χ2n) is 4.81. The summed E-state index contributed by atoms with van der Waals surface area (Å²) in [5.41, 5.74) is 1.79. The van der Waals surface area contributed by atoms with Crippen molar-refractivity contribution in [2.75, 3.05) is 7.11 Å². The van der Waals surface area contributed by atoms with Gasteiger partial charge >= 0.3 is 5.97 Å². The standard InChI is InChI=1S/C17H17NO4/c1-12(19)8-15-16(9-14(10-18-15)17(20)21-2)22-11-13-6-4-3-5-7-13/h3-7,9-10H,8,11H2,1-2H3. The number of esters is 1. The van der Waals surface area contributed by atoms with Crippen LogP contribution in [-0.4, -0.2) is 23.8 Å². The Morgan fingerprint density at radius 1 is 1.18 bits per heavy atom. The Hall–Kier alpha value is -2.69. The van der Waals surface area contributed by atoms with E-state index in [0.29, 0.717) is 18.1 Å². The smallest absolute Gasteiger partial charge is 0.339 e. The van der Waals surface area contributed by atoms with Crippen LogP contribution in [-0.2, 0) is 22.6 Å². The number of rotatable bonds is 6. The van der Waals surface area contributed by atoms with Gasteiger partial charge in [-0.3, -0.25) is 9.78 Å². The van der Waals surface area contributed by atoms with Crippen LogP contribution in [0, 0.1) is 0 Å². The molecule has 0 aliphatic rings. The van der Waals surface area contributed by atoms with Gasteiger partial charge in [-0.15, -0.1) is 0 Å². The molecule has 0 fully saturated rings. The van der Waals surface area contributed by atoms with E-state index in [9.17, 15) is 9.59 Å². The number of hydrogen-bond donors (Lipinski definition) is 0. The number of Topliss-reactive ketones (excluding diaryl/α,β-unsaturated/α-hetero) is 1. The SMILES string of the molecule is COC(=O)c1cnc(CC(C)=O)c(OCc2ccccc2)c1. The summed E-state index contributed by atoms with van der Waals surface area (Å²) in [4.78, 5) is 27.1. The lowest BCUT2D eigenvalue weighted by atomic mass is 10.1. The number of methoxy groups -OCH3 is 1. The van der Waals surface area contributed by atoms with Crippen LogP contribution < -0.4 is 4.74 Å². The number of benzene rings is 1. The first-order valence-corrected chi connectivity index (χ1v) is 6.83. The molecule has 1 aromatic heterocycles. The van der Waals surface area contributed by atoms with Crippen LogP contribution in [0.4, 0.5) is 0 Å². The van der Waals surface area contributed by atoms with E-state index >= 15 is 0 Å². The summed E-state index contributed by atoms with van der Waals surface area (Å²) in [6, 6.07) is 11.2. The number of ether oxygens (including phenoxy) is 2. The van der Waals surface area contributed by atoms with Gasteiger partial charge in [0, 0.05) is 6.20 Å². The van der Waals surface area contributed by atoms with Crippen LogP contribution >= 0.6 is 0 Å². The Kier molecular flexibility index (Phi) is 5.25. The van der Waals surface area contributed by atoms with Gasteiger partial charge in [0.1, 0.15) is 18.1 Å². The maximum absolute atomic E-state index is 11.6. The molecule has 5 nitrogen and oxygen atoms in total. The van der Waals surface area contributed by atoms with E-state index in [-0.39, 0.29) is 17.8 Å². The van der Waals surface area contributed by atoms with E-state index in [4.69, 9.17) is 4.74 Å². The molecule has 0 aliphatic heterocycles. The molecule has 1 aromatic carbocycles. The Bertz CT molecular complexity index is 668. The van der Waals surface area contributed by atoms with E-state index < -0.39 is 5.97 Å². The highest BCUT2D eigenvalue weighted by atomic mass is 16.5. The monoisotopic (exact) mass is 299 g/mol. The topological polar surface area (TPSA) is 65.5 Å². The average molecular weight is 299 g/mol. The van der Waals surface area contributed by atoms with Crippen molar-refractivity contribution in [3.63, 3.8) is 0 Å². The molecule has 0 spiro atoms. The van der Waals surface area contributed by atoms with Crippen molar-refractivity contribution in [1.82, 2.24) is 4.98 Å². The maximum atomic E-state index is 11.6. The minimum Gasteiger partial charge on any atom is -0.487 e. The predicted octanol–water partition coefficient (Wildman–Crippen LogP) is 2.58. The quantitative estimate of drug-likeness (QED) is 0.767. The molecule has 0 saturated carbocycles. The lowest BCUT2D eigenvalue weighted by molar-refractivity contribution is -0.116. The fraction of sp³-hybridized carbons (Fsp3) is 0.235. The van der Waals surface area contributed by atoms with Gasteiger partial charge in [-0.1, -0.05) is 30.3 Å². The van der Waals surface area contributed by atoms with Crippen LogP contribution in [0.5, 0.6) is 5.75 Å². The summed E-state index contributed by atoms with van der Waals surface area (Å²) >= 11 is 0. The van der Waals surface area contributed by atoms with Crippen LogP contribution in [0.2, 0.25) is 0 Å². The van der Waals surface area contributed by atoms with Gasteiger partial charge in [-0.05, 0) is 18.6 Å². The normalized spacial score (nSPS) is 10.1. The Balaban J connectivity index is 2.24. The third-order valence-corrected chi connectivity index (χ3v) is 3.01. The fourth-order valence-corrected chi connectivity index (χ4v) is 1.93. The average Bonchev–Trinajstić information content (AvgIpc) is 2.53. The van der Waals surface area contributed by atoms with Crippen molar-refractivity contribution in [3.8, 4) is 5.75 Å². The Labute approximate surface area is 128 Å². The summed E-state index contributed by atoms with van der Waals surface area (Å²) in [6.07, 6.45) is 1.55. The van der Waals surface area contributed by atoms with E-state index in [1.54, 1.807) is 6.07 Å². The minimum absolute atomic E-state index is 0.0251. The first-order valence-electron chi connectivity index (χ1n) is 6.83. The summed E-state index contributed by atoms with van der Waals surface area (Å²) in [5.74, 6) is -0.101. The molecule has 1 heterocycles. The number of pyridine rings is 1. The van der Waals surface area contributed by atoms with Crippen LogP contribution in [0.1, 0.15) is 28.5 Å². The van der Waals surface area contributed by atoms with Crippen LogP contribution in [0.15, 0.2) is 42.6 Å². The second kappa shape index (κ2) is 7.36. The number of ketones is 1. The first-order chi connectivity index (χ1) is 10.6. The molecule has 0 atom stereocenters. The van der Waals surface area contributed by atoms with E-state index in [1.807, 2.05) is 30.3 Å². The Morgan fingerprint density at radius 2 is 1.91 bits per heavy atom. The Morgan fingerprint density at radius 3 is 2.55 bits per heavy atom. The molecule has 0 saturated heterocycles. The lowest BCUT2D eigenvalue weighted by Gasteiger charge is -2.11. The molecule has 0 unspecified atom stereocenters. The number of nitrogens with zero attached hydrogens (tertiary/aromatic N) is 1. The third-order valence-electron chi connectivity index (χ3n) is 3.01. The van der Waals surface area contributed by atoms with E-state index in [0.717, 1.165) is 5.56 Å². The first kappa shape index (κ1) is 15.7.